The predicted molar refractivity (Wildman–Crippen MR) is 128 cm³/mol. The highest BCUT2D eigenvalue weighted by atomic mass is 32.2. The van der Waals surface area contributed by atoms with E-state index in [9.17, 15) is 27.9 Å². The van der Waals surface area contributed by atoms with Crippen molar-refractivity contribution in [2.24, 2.45) is 0 Å². The summed E-state index contributed by atoms with van der Waals surface area (Å²) in [7, 11) is 0. The molecule has 0 bridgehead atoms. The molecule has 3 aromatic rings. The molecule has 1 N–H and O–H groups in total. The molecule has 0 radical (unpaired) electrons. The third-order valence-corrected chi connectivity index (χ3v) is 7.62. The van der Waals surface area contributed by atoms with Gasteiger partial charge in [-0.15, -0.1) is 11.8 Å². The third-order valence-electron chi connectivity index (χ3n) is 6.48. The first-order valence-corrected chi connectivity index (χ1v) is 11.9. The maximum atomic E-state index is 13.8. The van der Waals surface area contributed by atoms with Crippen molar-refractivity contribution in [3.8, 4) is 5.75 Å². The number of aromatic nitrogens is 1. The van der Waals surface area contributed by atoms with E-state index in [1.165, 1.54) is 22.6 Å². The van der Waals surface area contributed by atoms with Gasteiger partial charge in [-0.25, -0.2) is 4.85 Å². The Morgan fingerprint density at radius 3 is 2.61 bits per heavy atom. The molecule has 1 amide bonds. The second kappa shape index (κ2) is 8.64. The van der Waals surface area contributed by atoms with Crippen molar-refractivity contribution in [3.63, 3.8) is 0 Å². The van der Waals surface area contributed by atoms with Crippen molar-refractivity contribution in [3.05, 3.63) is 98.8 Å². The predicted octanol–water partition coefficient (Wildman–Crippen LogP) is 4.80. The molecule has 36 heavy (non-hydrogen) atoms. The number of hydrogen-bond donors (Lipinski definition) is 1. The number of amides is 1. The van der Waals surface area contributed by atoms with Crippen molar-refractivity contribution in [2.45, 2.75) is 35.8 Å². The molecule has 0 aliphatic carbocycles. The van der Waals surface area contributed by atoms with E-state index in [2.05, 4.69) is 4.85 Å². The zero-order valence-electron chi connectivity index (χ0n) is 18.9. The largest absolute Gasteiger partial charge is 0.502 e. The number of rotatable bonds is 2. The van der Waals surface area contributed by atoms with Crippen molar-refractivity contribution in [1.82, 2.24) is 9.58 Å². The fourth-order valence-corrected chi connectivity index (χ4v) is 5.65. The van der Waals surface area contributed by atoms with E-state index in [0.717, 1.165) is 34.6 Å². The minimum absolute atomic E-state index is 0.432. The van der Waals surface area contributed by atoms with Crippen LogP contribution in [0.3, 0.4) is 0 Å². The van der Waals surface area contributed by atoms with Crippen LogP contribution in [0, 0.1) is 6.57 Å². The number of thioether (sulfide) groups is 1. The number of aromatic hydroxyl groups is 1. The van der Waals surface area contributed by atoms with Crippen LogP contribution < -0.4 is 10.4 Å². The van der Waals surface area contributed by atoms with Crippen LogP contribution in [-0.2, 0) is 5.75 Å². The lowest BCUT2D eigenvalue weighted by Gasteiger charge is -2.46. The van der Waals surface area contributed by atoms with E-state index in [-0.39, 0.29) is 0 Å². The van der Waals surface area contributed by atoms with Gasteiger partial charge in [-0.2, -0.15) is 13.2 Å². The van der Waals surface area contributed by atoms with Gasteiger partial charge in [-0.3, -0.25) is 19.3 Å². The lowest BCUT2D eigenvalue weighted by atomic mass is 9.94. The summed E-state index contributed by atoms with van der Waals surface area (Å²) in [5.41, 5.74) is 1.40. The van der Waals surface area contributed by atoms with Crippen molar-refractivity contribution in [2.75, 3.05) is 11.7 Å². The molecule has 5 rings (SSSR count). The fraction of sp³-hybridized carbons (Fsp3) is 0.240. The van der Waals surface area contributed by atoms with Gasteiger partial charge in [0.1, 0.15) is 12.7 Å². The molecule has 11 heteroatoms. The average molecular weight is 513 g/mol. The highest BCUT2D eigenvalue weighted by Gasteiger charge is 2.47. The molecular formula is C25H19F3N4O3S. The maximum Gasteiger partial charge on any atom is 0.408 e. The van der Waals surface area contributed by atoms with Gasteiger partial charge in [0.2, 0.25) is 5.43 Å². The average Bonchev–Trinajstić information content (AvgIpc) is 3.02. The van der Waals surface area contributed by atoms with Crippen LogP contribution in [0.25, 0.3) is 4.85 Å². The summed E-state index contributed by atoms with van der Waals surface area (Å²) in [4.78, 5) is 30.4. The Hall–Kier alpha value is -3.91. The third kappa shape index (κ3) is 3.78. The Morgan fingerprint density at radius 2 is 1.89 bits per heavy atom. The first-order valence-electron chi connectivity index (χ1n) is 10.9. The summed E-state index contributed by atoms with van der Waals surface area (Å²) in [5, 5.41) is 12.1. The van der Waals surface area contributed by atoms with Gasteiger partial charge in [-0.05, 0) is 29.7 Å². The van der Waals surface area contributed by atoms with Crippen molar-refractivity contribution in [1.29, 1.82) is 0 Å². The van der Waals surface area contributed by atoms with Gasteiger partial charge in [0.05, 0.1) is 12.6 Å². The second-order valence-electron chi connectivity index (χ2n) is 8.52. The number of halogens is 3. The first kappa shape index (κ1) is 23.8. The van der Waals surface area contributed by atoms with Gasteiger partial charge < -0.3 is 10.0 Å². The van der Waals surface area contributed by atoms with Crippen molar-refractivity contribution < 1.29 is 23.1 Å². The second-order valence-corrected chi connectivity index (χ2v) is 9.54. The summed E-state index contributed by atoms with van der Waals surface area (Å²) in [5.74, 6) is -1.47. The quantitative estimate of drug-likeness (QED) is 0.500. The van der Waals surface area contributed by atoms with Gasteiger partial charge in [0, 0.05) is 22.9 Å². The molecule has 0 saturated heterocycles. The Morgan fingerprint density at radius 1 is 1.14 bits per heavy atom. The van der Waals surface area contributed by atoms with Crippen LogP contribution in [0.5, 0.6) is 5.75 Å². The smallest absolute Gasteiger partial charge is 0.408 e. The maximum absolute atomic E-state index is 13.8. The number of benzene rings is 2. The fourth-order valence-electron chi connectivity index (χ4n) is 4.57. The first-order chi connectivity index (χ1) is 17.1. The van der Waals surface area contributed by atoms with Crippen LogP contribution in [0.2, 0.25) is 0 Å². The van der Waals surface area contributed by atoms with Gasteiger partial charge in [0.25, 0.3) is 5.91 Å². The Balaban J connectivity index is 1.78. The molecule has 2 aliphatic rings. The van der Waals surface area contributed by atoms with Gasteiger partial charge >= 0.3 is 6.18 Å². The molecule has 2 aliphatic heterocycles. The van der Waals surface area contributed by atoms with Crippen LogP contribution in [-0.4, -0.2) is 39.5 Å². The molecule has 1 aromatic heterocycles. The highest BCUT2D eigenvalue weighted by Crippen LogP contribution is 2.44. The summed E-state index contributed by atoms with van der Waals surface area (Å²) in [6.07, 6.45) is -3.44. The lowest BCUT2D eigenvalue weighted by Crippen LogP contribution is -2.60. The van der Waals surface area contributed by atoms with E-state index < -0.39 is 47.7 Å². The summed E-state index contributed by atoms with van der Waals surface area (Å²) >= 11 is 1.54. The number of nitrogens with zero attached hydrogens (tertiary/aromatic N) is 4. The summed E-state index contributed by atoms with van der Waals surface area (Å²) in [6, 6.07) is 10.8. The monoisotopic (exact) mass is 512 g/mol. The zero-order chi connectivity index (χ0) is 25.8. The van der Waals surface area contributed by atoms with Crippen LogP contribution in [0.4, 0.5) is 18.9 Å². The van der Waals surface area contributed by atoms with E-state index in [0.29, 0.717) is 16.3 Å². The number of carbonyl (C=O) groups is 1. The molecule has 184 valence electrons. The molecular weight excluding hydrogens is 493 g/mol. The van der Waals surface area contributed by atoms with E-state index >= 15 is 0 Å². The molecule has 2 aromatic carbocycles. The van der Waals surface area contributed by atoms with Gasteiger partial charge in [-0.1, -0.05) is 36.4 Å². The number of fused-ring (bicyclic) bond motifs is 3. The number of pyridine rings is 1. The van der Waals surface area contributed by atoms with E-state index in [1.807, 2.05) is 24.3 Å². The zero-order valence-corrected chi connectivity index (χ0v) is 19.7. The van der Waals surface area contributed by atoms with E-state index in [1.54, 1.807) is 23.2 Å². The SMILES string of the molecule is [C-]#[N+]c1ccc2c(c1)CSc1ccccc1[C@H]2N1CN([C@H](C)C(F)(F)F)C(=O)c2c(O)c(=O)ccn21. The standard InChI is InChI=1S/C25H19F3N4O3S/c1-14(25(26,27)28)30-13-32(31-10-9-19(33)23(34)22(31)24(30)35)21-17-8-7-16(29-2)11-15(17)12-36-20-6-4-3-5-18(20)21/h3-11,14,21,34H,12-13H2,1H3/t14-,21+/m1/s1. The van der Waals surface area contributed by atoms with Crippen molar-refractivity contribution >= 4 is 23.4 Å². The Labute approximate surface area is 208 Å². The molecule has 0 fully saturated rings. The normalized spacial score (nSPS) is 18.0. The van der Waals surface area contributed by atoms with Crippen LogP contribution in [0.15, 0.2) is 64.4 Å². The molecule has 0 spiro atoms. The number of carbonyl (C=O) groups excluding carboxylic acids is 1. The molecule has 7 nitrogen and oxygen atoms in total. The number of alkyl halides is 3. The van der Waals surface area contributed by atoms with Crippen LogP contribution >= 0.6 is 11.8 Å². The molecule has 0 saturated carbocycles. The van der Waals surface area contributed by atoms with Crippen LogP contribution in [0.1, 0.15) is 40.1 Å². The Bertz CT molecular complexity index is 1480. The Kier molecular flexibility index (Phi) is 5.71. The molecule has 2 atom stereocenters. The lowest BCUT2D eigenvalue weighted by molar-refractivity contribution is -0.173. The minimum Gasteiger partial charge on any atom is -0.502 e. The molecule has 3 heterocycles. The number of hydrogen-bond acceptors (Lipinski definition) is 5. The van der Waals surface area contributed by atoms with Gasteiger partial charge in [0.15, 0.2) is 17.1 Å². The highest BCUT2D eigenvalue weighted by molar-refractivity contribution is 7.98. The van der Waals surface area contributed by atoms with E-state index in [4.69, 9.17) is 6.57 Å². The summed E-state index contributed by atoms with van der Waals surface area (Å²) < 4.78 is 42.6. The summed E-state index contributed by atoms with van der Waals surface area (Å²) in [6.45, 7) is 7.80. The topological polar surface area (TPSA) is 70.1 Å². The molecule has 0 unspecified atom stereocenters. The minimum atomic E-state index is -4.73.